The molecule has 1 fully saturated rings. The van der Waals surface area contributed by atoms with Crippen LogP contribution in [0.1, 0.15) is 43.2 Å². The zero-order valence-electron chi connectivity index (χ0n) is 12.4. The number of carbonyl (C=O) groups excluding carboxylic acids is 1. The van der Waals surface area contributed by atoms with E-state index in [2.05, 4.69) is 11.4 Å². The second-order valence-electron chi connectivity index (χ2n) is 5.64. The zero-order valence-corrected chi connectivity index (χ0v) is 12.4. The largest absolute Gasteiger partial charge is 0.469 e. The van der Waals surface area contributed by atoms with Crippen LogP contribution >= 0.6 is 0 Å². The van der Waals surface area contributed by atoms with E-state index in [-0.39, 0.29) is 5.97 Å². The molecule has 1 aromatic carbocycles. The van der Waals surface area contributed by atoms with Crippen LogP contribution in [0.2, 0.25) is 0 Å². The molecule has 3 nitrogen and oxygen atoms in total. The van der Waals surface area contributed by atoms with Crippen LogP contribution in [0.5, 0.6) is 0 Å². The van der Waals surface area contributed by atoms with Crippen molar-refractivity contribution in [3.8, 4) is 0 Å². The molecule has 0 spiro atoms. The lowest BCUT2D eigenvalue weighted by molar-refractivity contribution is -0.139. The van der Waals surface area contributed by atoms with Crippen LogP contribution in [0.15, 0.2) is 24.3 Å². The van der Waals surface area contributed by atoms with Gasteiger partial charge in [-0.3, -0.25) is 4.79 Å². The standard InChI is InChI=1S/C17H25NO2/c1-20-17(19)12-15-8-4-5-9-16(15)13-18-11-10-14-6-2-3-7-14/h4-5,8-9,14,18H,2-3,6-7,10-13H2,1H3. The summed E-state index contributed by atoms with van der Waals surface area (Å²) in [6, 6.07) is 8.08. The maximum Gasteiger partial charge on any atom is 0.309 e. The molecule has 0 atom stereocenters. The zero-order chi connectivity index (χ0) is 14.2. The third kappa shape index (κ3) is 4.64. The highest BCUT2D eigenvalue weighted by molar-refractivity contribution is 5.72. The van der Waals surface area contributed by atoms with Crippen molar-refractivity contribution in [3.05, 3.63) is 35.4 Å². The molecule has 0 bridgehead atoms. The highest BCUT2D eigenvalue weighted by Crippen LogP contribution is 2.26. The van der Waals surface area contributed by atoms with E-state index in [1.54, 1.807) is 0 Å². The van der Waals surface area contributed by atoms with Crippen LogP contribution in [0.3, 0.4) is 0 Å². The van der Waals surface area contributed by atoms with Crippen molar-refractivity contribution in [1.29, 1.82) is 0 Å². The van der Waals surface area contributed by atoms with Crippen molar-refractivity contribution >= 4 is 5.97 Å². The SMILES string of the molecule is COC(=O)Cc1ccccc1CNCCC1CCCC1. The number of hydrogen-bond acceptors (Lipinski definition) is 3. The molecule has 20 heavy (non-hydrogen) atoms. The predicted molar refractivity (Wildman–Crippen MR) is 80.4 cm³/mol. The first kappa shape index (κ1) is 15.0. The average Bonchev–Trinajstić information content (AvgIpc) is 2.98. The summed E-state index contributed by atoms with van der Waals surface area (Å²) < 4.78 is 4.74. The van der Waals surface area contributed by atoms with Crippen molar-refractivity contribution < 1.29 is 9.53 Å². The van der Waals surface area contributed by atoms with E-state index in [4.69, 9.17) is 4.74 Å². The van der Waals surface area contributed by atoms with Gasteiger partial charge in [0, 0.05) is 6.54 Å². The third-order valence-corrected chi connectivity index (χ3v) is 4.20. The molecule has 1 aliphatic rings. The molecule has 0 saturated heterocycles. The molecule has 0 amide bonds. The third-order valence-electron chi connectivity index (χ3n) is 4.20. The highest BCUT2D eigenvalue weighted by Gasteiger charge is 2.14. The maximum atomic E-state index is 11.4. The molecule has 0 radical (unpaired) electrons. The maximum absolute atomic E-state index is 11.4. The Balaban J connectivity index is 1.77. The number of esters is 1. The Bertz CT molecular complexity index is 425. The van der Waals surface area contributed by atoms with Gasteiger partial charge in [0.15, 0.2) is 0 Å². The molecule has 1 aromatic rings. The lowest BCUT2D eigenvalue weighted by atomic mass is 10.0. The molecular formula is C17H25NO2. The number of hydrogen-bond donors (Lipinski definition) is 1. The van der Waals surface area contributed by atoms with Gasteiger partial charge in [0.25, 0.3) is 0 Å². The first-order valence-electron chi connectivity index (χ1n) is 7.64. The highest BCUT2D eigenvalue weighted by atomic mass is 16.5. The van der Waals surface area contributed by atoms with Gasteiger partial charge in [0.2, 0.25) is 0 Å². The van der Waals surface area contributed by atoms with Gasteiger partial charge in [-0.1, -0.05) is 49.9 Å². The summed E-state index contributed by atoms with van der Waals surface area (Å²) in [7, 11) is 1.44. The average molecular weight is 275 g/mol. The molecule has 2 rings (SSSR count). The van der Waals surface area contributed by atoms with Crippen LogP contribution in [0, 0.1) is 5.92 Å². The van der Waals surface area contributed by atoms with Crippen LogP contribution in [-0.4, -0.2) is 19.6 Å². The first-order chi connectivity index (χ1) is 9.79. The van der Waals surface area contributed by atoms with Gasteiger partial charge in [-0.15, -0.1) is 0 Å². The molecular weight excluding hydrogens is 250 g/mol. The lowest BCUT2D eigenvalue weighted by Gasteiger charge is -2.12. The Labute approximate surface area is 121 Å². The summed E-state index contributed by atoms with van der Waals surface area (Å²) in [5.41, 5.74) is 2.26. The summed E-state index contributed by atoms with van der Waals surface area (Å²) in [5, 5.41) is 3.51. The Morgan fingerprint density at radius 1 is 1.25 bits per heavy atom. The Morgan fingerprint density at radius 3 is 2.65 bits per heavy atom. The number of benzene rings is 1. The van der Waals surface area contributed by atoms with Gasteiger partial charge < -0.3 is 10.1 Å². The summed E-state index contributed by atoms with van der Waals surface area (Å²) in [4.78, 5) is 11.4. The molecule has 0 heterocycles. The lowest BCUT2D eigenvalue weighted by Crippen LogP contribution is -2.18. The minimum Gasteiger partial charge on any atom is -0.469 e. The second-order valence-corrected chi connectivity index (χ2v) is 5.64. The Kier molecular flexibility index (Phi) is 6.06. The molecule has 1 N–H and O–H groups in total. The normalized spacial score (nSPS) is 15.4. The fraction of sp³-hybridized carbons (Fsp3) is 0.588. The van der Waals surface area contributed by atoms with Crippen molar-refractivity contribution in [2.24, 2.45) is 5.92 Å². The molecule has 3 heteroatoms. The second kappa shape index (κ2) is 8.05. The quantitative estimate of drug-likeness (QED) is 0.614. The van der Waals surface area contributed by atoms with Gasteiger partial charge in [0.1, 0.15) is 0 Å². The van der Waals surface area contributed by atoms with Crippen LogP contribution in [-0.2, 0) is 22.5 Å². The van der Waals surface area contributed by atoms with Gasteiger partial charge in [-0.2, -0.15) is 0 Å². The van der Waals surface area contributed by atoms with Crippen molar-refractivity contribution in [2.45, 2.75) is 45.1 Å². The summed E-state index contributed by atoms with van der Waals surface area (Å²) in [6.07, 6.45) is 7.26. The van der Waals surface area contributed by atoms with Crippen molar-refractivity contribution in [1.82, 2.24) is 5.32 Å². The van der Waals surface area contributed by atoms with Gasteiger partial charge in [-0.05, 0) is 30.0 Å². The minimum absolute atomic E-state index is 0.177. The van der Waals surface area contributed by atoms with Crippen LogP contribution in [0.25, 0.3) is 0 Å². The van der Waals surface area contributed by atoms with E-state index >= 15 is 0 Å². The molecule has 0 aliphatic heterocycles. The molecule has 0 aromatic heterocycles. The summed E-state index contributed by atoms with van der Waals surface area (Å²) in [5.74, 6) is 0.746. The number of nitrogens with one attached hydrogen (secondary N) is 1. The topological polar surface area (TPSA) is 38.3 Å². The van der Waals surface area contributed by atoms with Gasteiger partial charge in [-0.25, -0.2) is 0 Å². The number of ether oxygens (including phenoxy) is 1. The van der Waals surface area contributed by atoms with E-state index in [1.807, 2.05) is 18.2 Å². The fourth-order valence-electron chi connectivity index (χ4n) is 2.96. The Morgan fingerprint density at radius 2 is 1.95 bits per heavy atom. The summed E-state index contributed by atoms with van der Waals surface area (Å²) in [6.45, 7) is 1.90. The first-order valence-corrected chi connectivity index (χ1v) is 7.64. The fourth-order valence-corrected chi connectivity index (χ4v) is 2.96. The molecule has 1 saturated carbocycles. The number of methoxy groups -OCH3 is 1. The Hall–Kier alpha value is -1.35. The van der Waals surface area contributed by atoms with Gasteiger partial charge in [0.05, 0.1) is 13.5 Å². The van der Waals surface area contributed by atoms with E-state index in [0.717, 1.165) is 24.6 Å². The van der Waals surface area contributed by atoms with E-state index < -0.39 is 0 Å². The van der Waals surface area contributed by atoms with E-state index in [9.17, 15) is 4.79 Å². The molecule has 0 unspecified atom stereocenters. The monoisotopic (exact) mass is 275 g/mol. The summed E-state index contributed by atoms with van der Waals surface area (Å²) >= 11 is 0. The molecule has 110 valence electrons. The molecule has 1 aliphatic carbocycles. The smallest absolute Gasteiger partial charge is 0.309 e. The van der Waals surface area contributed by atoms with Crippen LogP contribution in [0.4, 0.5) is 0 Å². The number of rotatable bonds is 7. The van der Waals surface area contributed by atoms with E-state index in [1.165, 1.54) is 44.8 Å². The van der Waals surface area contributed by atoms with Gasteiger partial charge >= 0.3 is 5.97 Å². The van der Waals surface area contributed by atoms with Crippen molar-refractivity contribution in [2.75, 3.05) is 13.7 Å². The minimum atomic E-state index is -0.177. The number of carbonyl (C=O) groups is 1. The predicted octanol–water partition coefficient (Wildman–Crippen LogP) is 3.07. The van der Waals surface area contributed by atoms with E-state index in [0.29, 0.717) is 6.42 Å². The van der Waals surface area contributed by atoms with Crippen LogP contribution < -0.4 is 5.32 Å². The van der Waals surface area contributed by atoms with Crippen molar-refractivity contribution in [3.63, 3.8) is 0 Å².